The van der Waals surface area contributed by atoms with Crippen LogP contribution in [0.4, 0.5) is 9.59 Å². The summed E-state index contributed by atoms with van der Waals surface area (Å²) < 4.78 is 43.3. The second-order valence-corrected chi connectivity index (χ2v) is 14.7. The van der Waals surface area contributed by atoms with E-state index in [1.165, 1.54) is 25.6 Å². The Morgan fingerprint density at radius 3 is 1.83 bits per heavy atom. The maximum absolute atomic E-state index is 13.4. The number of rotatable bonds is 12. The van der Waals surface area contributed by atoms with Gasteiger partial charge in [-0.25, -0.2) is 19.4 Å². The molecule has 3 aromatic rings. The van der Waals surface area contributed by atoms with E-state index >= 15 is 0 Å². The number of carbonyl (C=O) groups excluding carboxylic acids is 4. The molecule has 4 amide bonds. The molecule has 0 saturated carbocycles. The van der Waals surface area contributed by atoms with Crippen LogP contribution in [0.2, 0.25) is 0 Å². The number of nitrogens with zero attached hydrogens (tertiary/aromatic N) is 2. The maximum Gasteiger partial charge on any atom is 0.417 e. The van der Waals surface area contributed by atoms with E-state index in [0.717, 1.165) is 31.4 Å². The van der Waals surface area contributed by atoms with Gasteiger partial charge in [0.25, 0.3) is 0 Å². The molecule has 4 heterocycles. The molecule has 1 N–H and O–H groups in total. The normalized spacial score (nSPS) is 30.4. The van der Waals surface area contributed by atoms with Gasteiger partial charge in [0.05, 0.1) is 26.4 Å². The largest absolute Gasteiger partial charge is 0.441 e. The van der Waals surface area contributed by atoms with Crippen molar-refractivity contribution in [1.82, 2.24) is 9.80 Å². The van der Waals surface area contributed by atoms with E-state index in [4.69, 9.17) is 33.2 Å². The summed E-state index contributed by atoms with van der Waals surface area (Å²) in [6, 6.07) is 24.5. The quantitative estimate of drug-likeness (QED) is 0.280. The maximum atomic E-state index is 13.4. The van der Waals surface area contributed by atoms with Crippen LogP contribution >= 0.6 is 11.8 Å². The van der Waals surface area contributed by atoms with Crippen molar-refractivity contribution >= 4 is 35.8 Å². The number of carbonyl (C=O) groups is 4. The van der Waals surface area contributed by atoms with Crippen LogP contribution in [-0.4, -0.2) is 113 Å². The fourth-order valence-corrected chi connectivity index (χ4v) is 8.34. The van der Waals surface area contributed by atoms with Crippen molar-refractivity contribution in [2.75, 3.05) is 13.2 Å². The van der Waals surface area contributed by atoms with Crippen LogP contribution in [0.15, 0.2) is 89.8 Å². The molecule has 0 spiro atoms. The van der Waals surface area contributed by atoms with Crippen molar-refractivity contribution in [2.24, 2.45) is 0 Å². The van der Waals surface area contributed by atoms with E-state index in [1.807, 2.05) is 91.9 Å². The molecule has 14 nitrogen and oxygen atoms in total. The fraction of sp³-hybridized carbons (Fsp3) is 0.436. The zero-order valence-electron chi connectivity index (χ0n) is 29.9. The summed E-state index contributed by atoms with van der Waals surface area (Å²) in [7, 11) is 0. The van der Waals surface area contributed by atoms with Gasteiger partial charge in [0.2, 0.25) is 11.8 Å². The van der Waals surface area contributed by atoms with E-state index in [2.05, 4.69) is 0 Å². The number of imide groups is 2. The molecular formula is C39H42N2O12S. The molecule has 0 unspecified atom stereocenters. The molecular weight excluding hydrogens is 720 g/mol. The summed E-state index contributed by atoms with van der Waals surface area (Å²) in [5.41, 5.74) is 2.06. The minimum absolute atomic E-state index is 0.0374. The second kappa shape index (κ2) is 16.6. The summed E-state index contributed by atoms with van der Waals surface area (Å²) in [5, 5.41) is 11.4. The van der Waals surface area contributed by atoms with Gasteiger partial charge < -0.3 is 38.3 Å². The Kier molecular flexibility index (Phi) is 11.6. The first kappa shape index (κ1) is 37.9. The van der Waals surface area contributed by atoms with E-state index in [-0.39, 0.29) is 26.4 Å². The number of aryl methyl sites for hydroxylation is 1. The summed E-state index contributed by atoms with van der Waals surface area (Å²) in [5.74, 6) is -1.20. The van der Waals surface area contributed by atoms with Crippen LogP contribution in [-0.2, 0) is 56.0 Å². The molecule has 0 bridgehead atoms. The Bertz CT molecular complexity index is 1800. The molecule has 10 atom stereocenters. The van der Waals surface area contributed by atoms with Gasteiger partial charge >= 0.3 is 12.2 Å². The van der Waals surface area contributed by atoms with Gasteiger partial charge in [0.1, 0.15) is 41.9 Å². The van der Waals surface area contributed by atoms with Crippen LogP contribution in [0, 0.1) is 6.92 Å². The van der Waals surface area contributed by atoms with Gasteiger partial charge in [0, 0.05) is 18.7 Å². The highest BCUT2D eigenvalue weighted by Crippen LogP contribution is 2.43. The van der Waals surface area contributed by atoms with Crippen LogP contribution in [0.1, 0.15) is 30.5 Å². The topological polar surface area (TPSA) is 160 Å². The van der Waals surface area contributed by atoms with Gasteiger partial charge in [-0.1, -0.05) is 90.1 Å². The van der Waals surface area contributed by atoms with Crippen molar-refractivity contribution < 1.29 is 57.4 Å². The number of ether oxygens (including phenoxy) is 7. The van der Waals surface area contributed by atoms with Gasteiger partial charge in [-0.2, -0.15) is 0 Å². The number of fused-ring (bicyclic) bond motifs is 2. The lowest BCUT2D eigenvalue weighted by molar-refractivity contribution is -0.309. The first-order valence-corrected chi connectivity index (χ1v) is 18.6. The minimum atomic E-state index is -1.41. The molecule has 0 aliphatic carbocycles. The lowest BCUT2D eigenvalue weighted by Gasteiger charge is -2.47. The van der Waals surface area contributed by atoms with Crippen molar-refractivity contribution in [1.29, 1.82) is 0 Å². The summed E-state index contributed by atoms with van der Waals surface area (Å²) in [6.07, 6.45) is -10.1. The van der Waals surface area contributed by atoms with Crippen LogP contribution < -0.4 is 0 Å². The molecule has 0 aromatic heterocycles. The lowest BCUT2D eigenvalue weighted by atomic mass is 9.95. The molecule has 4 aliphatic heterocycles. The predicted octanol–water partition coefficient (Wildman–Crippen LogP) is 4.19. The number of aliphatic hydroxyl groups excluding tert-OH is 1. The predicted molar refractivity (Wildman–Crippen MR) is 191 cm³/mol. The van der Waals surface area contributed by atoms with Crippen molar-refractivity contribution in [3.05, 3.63) is 102 Å². The Labute approximate surface area is 316 Å². The molecule has 7 rings (SSSR count). The van der Waals surface area contributed by atoms with E-state index in [1.54, 1.807) is 0 Å². The molecule has 54 heavy (non-hydrogen) atoms. The van der Waals surface area contributed by atoms with Crippen molar-refractivity contribution in [3.8, 4) is 0 Å². The lowest BCUT2D eigenvalue weighted by Crippen LogP contribution is -2.66. The minimum Gasteiger partial charge on any atom is -0.441 e. The highest BCUT2D eigenvalue weighted by atomic mass is 32.2. The third kappa shape index (κ3) is 8.03. The van der Waals surface area contributed by atoms with Crippen LogP contribution in [0.5, 0.6) is 0 Å². The zero-order chi connectivity index (χ0) is 37.9. The Balaban J connectivity index is 1.20. The van der Waals surface area contributed by atoms with E-state index in [9.17, 15) is 24.3 Å². The third-order valence-electron chi connectivity index (χ3n) is 9.75. The number of amides is 4. The Hall–Kier alpha value is -4.35. The van der Waals surface area contributed by atoms with Gasteiger partial charge in [-0.05, 0) is 30.2 Å². The number of benzene rings is 3. The molecule has 286 valence electrons. The zero-order valence-corrected chi connectivity index (χ0v) is 30.7. The third-order valence-corrected chi connectivity index (χ3v) is 10.9. The molecule has 0 radical (unpaired) electrons. The molecule has 3 aromatic carbocycles. The summed E-state index contributed by atoms with van der Waals surface area (Å²) >= 11 is 1.32. The summed E-state index contributed by atoms with van der Waals surface area (Å²) in [4.78, 5) is 55.0. The fourth-order valence-electron chi connectivity index (χ4n) is 7.16. The van der Waals surface area contributed by atoms with Crippen LogP contribution in [0.3, 0.4) is 0 Å². The van der Waals surface area contributed by atoms with Gasteiger partial charge in [0.15, 0.2) is 18.5 Å². The van der Waals surface area contributed by atoms with Crippen molar-refractivity contribution in [3.63, 3.8) is 0 Å². The number of aliphatic hydroxyl groups is 1. The van der Waals surface area contributed by atoms with Crippen LogP contribution in [0.25, 0.3) is 0 Å². The van der Waals surface area contributed by atoms with E-state index in [0.29, 0.717) is 0 Å². The average molecular weight is 763 g/mol. The Morgan fingerprint density at radius 1 is 0.722 bits per heavy atom. The second-order valence-electron chi connectivity index (χ2n) is 13.6. The first-order valence-electron chi connectivity index (χ1n) is 17.7. The highest BCUT2D eigenvalue weighted by molar-refractivity contribution is 7.99. The summed E-state index contributed by atoms with van der Waals surface area (Å²) in [6.45, 7) is 4.72. The molecule has 15 heteroatoms. The van der Waals surface area contributed by atoms with Crippen molar-refractivity contribution in [2.45, 2.75) is 99.3 Å². The van der Waals surface area contributed by atoms with Gasteiger partial charge in [-0.3, -0.25) is 9.59 Å². The standard InChI is InChI=1S/C39H42N2O12S/c1-22-14-16-27(17-15-22)54-37-31-35(53-39(46)41(31)24(3)43)33(29(50-37)21-48-19-26-12-8-5-9-13-26)51-36-30-34(52-38(45)40(30)23(2)42)32(44)28(49-36)20-47-18-25-10-6-4-7-11-25/h4-17,28-37,44H,18-21H2,1-3H3/t28-,29-,30-,31-,32+,33+,34-,35-,36-,37-/m1/s1. The Morgan fingerprint density at radius 2 is 1.26 bits per heavy atom. The molecule has 4 saturated heterocycles. The number of hydrogen-bond acceptors (Lipinski definition) is 13. The first-order chi connectivity index (χ1) is 26.1. The van der Waals surface area contributed by atoms with Gasteiger partial charge in [-0.15, -0.1) is 0 Å². The number of thioether (sulfide) groups is 1. The molecule has 4 fully saturated rings. The number of hydrogen-bond donors (Lipinski definition) is 1. The monoisotopic (exact) mass is 762 g/mol. The highest BCUT2D eigenvalue weighted by Gasteiger charge is 2.62. The smallest absolute Gasteiger partial charge is 0.417 e. The molecule has 4 aliphatic rings. The average Bonchev–Trinajstić information content (AvgIpc) is 3.70. The SMILES string of the molecule is CC(=O)N1C(=O)O[C@H]2[C@@H](O[C@H]3O[C@H](COCc4ccccc4)[C@H](O)[C@@H]4OC(=O)N(C(C)=O)[C@@H]34)[C@@H](COCc3ccccc3)O[C@H](Sc3ccc(C)cc3)[C@@H]21. The van der Waals surface area contributed by atoms with E-state index < -0.39 is 84.4 Å².